The van der Waals surface area contributed by atoms with Gasteiger partial charge in [-0.1, -0.05) is 18.2 Å². The van der Waals surface area contributed by atoms with Gasteiger partial charge in [-0.05, 0) is 62.3 Å². The summed E-state index contributed by atoms with van der Waals surface area (Å²) in [6.07, 6.45) is 3.47. The number of anilines is 1. The molecule has 0 aliphatic carbocycles. The number of aromatic nitrogens is 3. The highest BCUT2D eigenvalue weighted by atomic mass is 32.2. The molecule has 6 nitrogen and oxygen atoms in total. The van der Waals surface area contributed by atoms with Gasteiger partial charge in [0.05, 0.1) is 18.0 Å². The fourth-order valence-electron chi connectivity index (χ4n) is 3.57. The number of piperidine rings is 1. The topological polar surface area (TPSA) is 63.1 Å². The lowest BCUT2D eigenvalue weighted by molar-refractivity contribution is -0.113. The minimum atomic E-state index is -0.719. The monoisotopic (exact) mass is 461 g/mol. The summed E-state index contributed by atoms with van der Waals surface area (Å²) in [6.45, 7) is 2.53. The van der Waals surface area contributed by atoms with Crippen LogP contribution < -0.4 is 5.32 Å². The van der Waals surface area contributed by atoms with Crippen molar-refractivity contribution in [1.82, 2.24) is 19.7 Å². The molecule has 2 heterocycles. The number of carbonyl (C=O) groups is 1. The minimum absolute atomic E-state index is 0.0843. The first kappa shape index (κ1) is 22.3. The van der Waals surface area contributed by atoms with E-state index in [1.807, 2.05) is 0 Å². The number of likely N-dealkylation sites (tertiary alicyclic amines) is 1. The Balaban J connectivity index is 1.51. The molecule has 0 spiro atoms. The smallest absolute Gasteiger partial charge is 0.234 e. The van der Waals surface area contributed by atoms with Crippen molar-refractivity contribution < 1.29 is 18.0 Å². The molecule has 1 N–H and O–H groups in total. The molecule has 1 aromatic heterocycles. The Kier molecular flexibility index (Phi) is 7.11. The van der Waals surface area contributed by atoms with Crippen LogP contribution in [0.25, 0.3) is 5.69 Å². The fraction of sp³-hybridized carbons (Fsp3) is 0.318. The van der Waals surface area contributed by atoms with E-state index in [-0.39, 0.29) is 17.3 Å². The molecule has 32 heavy (non-hydrogen) atoms. The van der Waals surface area contributed by atoms with E-state index < -0.39 is 17.5 Å². The maximum atomic E-state index is 13.8. The van der Waals surface area contributed by atoms with Gasteiger partial charge in [-0.3, -0.25) is 14.3 Å². The van der Waals surface area contributed by atoms with Crippen LogP contribution in [0.1, 0.15) is 25.1 Å². The summed E-state index contributed by atoms with van der Waals surface area (Å²) in [5.41, 5.74) is 0.462. The number of benzene rings is 2. The van der Waals surface area contributed by atoms with E-state index >= 15 is 0 Å². The molecule has 1 saturated heterocycles. The van der Waals surface area contributed by atoms with Gasteiger partial charge in [0.25, 0.3) is 0 Å². The third kappa shape index (κ3) is 5.49. The second-order valence-electron chi connectivity index (χ2n) is 7.51. The number of halogens is 3. The number of nitrogens with one attached hydrogen (secondary N) is 1. The van der Waals surface area contributed by atoms with E-state index in [9.17, 15) is 18.0 Å². The Morgan fingerprint density at radius 1 is 0.969 bits per heavy atom. The summed E-state index contributed by atoms with van der Waals surface area (Å²) < 4.78 is 42.4. The fourth-order valence-corrected chi connectivity index (χ4v) is 4.34. The van der Waals surface area contributed by atoms with Crippen LogP contribution in [0.15, 0.2) is 47.6 Å². The molecule has 168 valence electrons. The maximum Gasteiger partial charge on any atom is 0.234 e. The van der Waals surface area contributed by atoms with E-state index in [1.165, 1.54) is 18.6 Å². The zero-order chi connectivity index (χ0) is 22.5. The minimum Gasteiger partial charge on any atom is -0.323 e. The summed E-state index contributed by atoms with van der Waals surface area (Å²) in [5.74, 6) is -1.62. The quantitative estimate of drug-likeness (QED) is 0.529. The molecule has 10 heteroatoms. The number of thioether (sulfide) groups is 1. The molecule has 1 aliphatic rings. The molecule has 1 aliphatic heterocycles. The molecule has 0 saturated carbocycles. The first-order valence-electron chi connectivity index (χ1n) is 10.3. The van der Waals surface area contributed by atoms with Crippen LogP contribution in [0.2, 0.25) is 0 Å². The van der Waals surface area contributed by atoms with Gasteiger partial charge in [0, 0.05) is 11.8 Å². The van der Waals surface area contributed by atoms with Crippen LogP contribution >= 0.6 is 11.8 Å². The highest BCUT2D eigenvalue weighted by Crippen LogP contribution is 2.24. The maximum absolute atomic E-state index is 13.8. The summed E-state index contributed by atoms with van der Waals surface area (Å²) >= 11 is 1.12. The van der Waals surface area contributed by atoms with Crippen molar-refractivity contribution in [3.8, 4) is 5.69 Å². The van der Waals surface area contributed by atoms with Crippen LogP contribution in [0.3, 0.4) is 0 Å². The molecule has 0 bridgehead atoms. The van der Waals surface area contributed by atoms with Gasteiger partial charge in [0.1, 0.15) is 17.5 Å². The van der Waals surface area contributed by atoms with Crippen molar-refractivity contribution in [3.05, 3.63) is 65.7 Å². The molecule has 0 unspecified atom stereocenters. The standard InChI is InChI=1S/C22H22F3N5OS/c23-15-4-7-17(8-5-15)30-20(13-29-10-2-1-3-11-29)27-28-22(30)32-14-21(31)26-19-12-16(24)6-9-18(19)25/h4-9,12H,1-3,10-11,13-14H2,(H,26,31). The predicted octanol–water partition coefficient (Wildman–Crippen LogP) is 4.40. The van der Waals surface area contributed by atoms with Crippen molar-refractivity contribution in [2.75, 3.05) is 24.2 Å². The second-order valence-corrected chi connectivity index (χ2v) is 8.45. The number of hydrogen-bond acceptors (Lipinski definition) is 5. The number of amides is 1. The zero-order valence-electron chi connectivity index (χ0n) is 17.2. The number of hydrogen-bond donors (Lipinski definition) is 1. The number of rotatable bonds is 7. The SMILES string of the molecule is O=C(CSc1nnc(CN2CCCCC2)n1-c1ccc(F)cc1)Nc1cc(F)ccc1F. The van der Waals surface area contributed by atoms with Crippen LogP contribution in [0, 0.1) is 17.5 Å². The van der Waals surface area contributed by atoms with Crippen molar-refractivity contribution >= 4 is 23.4 Å². The molecule has 3 aromatic rings. The van der Waals surface area contributed by atoms with Crippen LogP contribution in [0.4, 0.5) is 18.9 Å². The van der Waals surface area contributed by atoms with Crippen LogP contribution in [-0.4, -0.2) is 44.4 Å². The van der Waals surface area contributed by atoms with Crippen molar-refractivity contribution in [2.45, 2.75) is 31.0 Å². The molecular formula is C22H22F3N5OS. The molecule has 1 amide bonds. The van der Waals surface area contributed by atoms with E-state index in [0.717, 1.165) is 55.9 Å². The van der Waals surface area contributed by atoms with Gasteiger partial charge in [-0.15, -0.1) is 10.2 Å². The highest BCUT2D eigenvalue weighted by Gasteiger charge is 2.20. The summed E-state index contributed by atoms with van der Waals surface area (Å²) in [7, 11) is 0. The molecule has 0 radical (unpaired) electrons. The Hall–Kier alpha value is -2.85. The highest BCUT2D eigenvalue weighted by molar-refractivity contribution is 7.99. The lowest BCUT2D eigenvalue weighted by Crippen LogP contribution is -2.30. The van der Waals surface area contributed by atoms with Gasteiger partial charge >= 0.3 is 0 Å². The summed E-state index contributed by atoms with van der Waals surface area (Å²) in [5, 5.41) is 11.4. The Morgan fingerprint density at radius 3 is 2.44 bits per heavy atom. The van der Waals surface area contributed by atoms with Crippen LogP contribution in [0.5, 0.6) is 0 Å². The van der Waals surface area contributed by atoms with E-state index in [1.54, 1.807) is 16.7 Å². The van der Waals surface area contributed by atoms with Gasteiger partial charge in [-0.25, -0.2) is 13.2 Å². The third-order valence-corrected chi connectivity index (χ3v) is 6.06. The Bertz CT molecular complexity index is 1080. The number of nitrogens with zero attached hydrogens (tertiary/aromatic N) is 4. The Labute approximate surface area is 187 Å². The molecular weight excluding hydrogens is 439 g/mol. The normalized spacial score (nSPS) is 14.5. The summed E-state index contributed by atoms with van der Waals surface area (Å²) in [6, 6.07) is 8.83. The molecule has 0 atom stereocenters. The van der Waals surface area contributed by atoms with Gasteiger partial charge in [-0.2, -0.15) is 0 Å². The average molecular weight is 462 g/mol. The molecule has 1 fully saturated rings. The van der Waals surface area contributed by atoms with Gasteiger partial charge in [0.2, 0.25) is 5.91 Å². The van der Waals surface area contributed by atoms with E-state index in [0.29, 0.717) is 23.2 Å². The van der Waals surface area contributed by atoms with Crippen molar-refractivity contribution in [2.24, 2.45) is 0 Å². The van der Waals surface area contributed by atoms with Crippen molar-refractivity contribution in [1.29, 1.82) is 0 Å². The lowest BCUT2D eigenvalue weighted by Gasteiger charge is -2.26. The zero-order valence-corrected chi connectivity index (χ0v) is 18.0. The van der Waals surface area contributed by atoms with Gasteiger partial charge < -0.3 is 5.32 Å². The van der Waals surface area contributed by atoms with E-state index in [2.05, 4.69) is 20.4 Å². The second kappa shape index (κ2) is 10.2. The van der Waals surface area contributed by atoms with Gasteiger partial charge in [0.15, 0.2) is 11.0 Å². The molecule has 4 rings (SSSR count). The first-order chi connectivity index (χ1) is 15.5. The van der Waals surface area contributed by atoms with Crippen LogP contribution in [-0.2, 0) is 11.3 Å². The Morgan fingerprint density at radius 2 is 1.69 bits per heavy atom. The summed E-state index contributed by atoms with van der Waals surface area (Å²) in [4.78, 5) is 14.6. The van der Waals surface area contributed by atoms with E-state index in [4.69, 9.17) is 0 Å². The lowest BCUT2D eigenvalue weighted by atomic mass is 10.1. The largest absolute Gasteiger partial charge is 0.323 e. The first-order valence-corrected chi connectivity index (χ1v) is 11.3. The number of carbonyl (C=O) groups excluding carboxylic acids is 1. The van der Waals surface area contributed by atoms with Crippen molar-refractivity contribution in [3.63, 3.8) is 0 Å². The third-order valence-electron chi connectivity index (χ3n) is 5.13. The average Bonchev–Trinajstić information content (AvgIpc) is 3.18. The predicted molar refractivity (Wildman–Crippen MR) is 116 cm³/mol. The molecule has 2 aromatic carbocycles.